The molecule has 6 nitrogen and oxygen atoms in total. The van der Waals surface area contributed by atoms with E-state index in [4.69, 9.17) is 9.84 Å². The molecule has 0 unspecified atom stereocenters. The Morgan fingerprint density at radius 1 is 1.39 bits per heavy atom. The number of amides is 2. The van der Waals surface area contributed by atoms with Gasteiger partial charge in [-0.15, -0.1) is 0 Å². The third-order valence-electron chi connectivity index (χ3n) is 3.31. The zero-order chi connectivity index (χ0) is 13.8. The average molecular weight is 258 g/mol. The van der Waals surface area contributed by atoms with Crippen LogP contribution in [-0.2, 0) is 9.53 Å². The van der Waals surface area contributed by atoms with Gasteiger partial charge in [0.05, 0.1) is 17.6 Å². The lowest BCUT2D eigenvalue weighted by atomic mass is 9.69. The zero-order valence-electron chi connectivity index (χ0n) is 11.2. The Balaban J connectivity index is 2.39. The Labute approximate surface area is 107 Å². The van der Waals surface area contributed by atoms with E-state index < -0.39 is 16.9 Å². The summed E-state index contributed by atoms with van der Waals surface area (Å²) in [5, 5.41) is 14.5. The van der Waals surface area contributed by atoms with Crippen molar-refractivity contribution in [3.63, 3.8) is 0 Å². The minimum atomic E-state index is -0.829. The fourth-order valence-corrected chi connectivity index (χ4v) is 2.07. The number of carboxylic acids is 1. The zero-order valence-corrected chi connectivity index (χ0v) is 11.2. The first-order valence-corrected chi connectivity index (χ1v) is 6.10. The van der Waals surface area contributed by atoms with Gasteiger partial charge in [-0.1, -0.05) is 6.42 Å². The third-order valence-corrected chi connectivity index (χ3v) is 3.31. The highest BCUT2D eigenvalue weighted by molar-refractivity contribution is 5.79. The van der Waals surface area contributed by atoms with Gasteiger partial charge in [0.15, 0.2) is 0 Å². The molecular formula is C12H22N2O4. The molecule has 0 heterocycles. The molecule has 0 bridgehead atoms. The molecule has 0 aliphatic heterocycles. The van der Waals surface area contributed by atoms with Crippen LogP contribution in [0.2, 0.25) is 0 Å². The molecule has 1 fully saturated rings. The van der Waals surface area contributed by atoms with Crippen molar-refractivity contribution < 1.29 is 19.4 Å². The summed E-state index contributed by atoms with van der Waals surface area (Å²) < 4.78 is 4.99. The quantitative estimate of drug-likeness (QED) is 0.662. The molecule has 1 saturated carbocycles. The number of nitrogens with one attached hydrogen (secondary N) is 2. The predicted molar refractivity (Wildman–Crippen MR) is 66.4 cm³/mol. The van der Waals surface area contributed by atoms with Crippen molar-refractivity contribution in [2.75, 3.05) is 20.3 Å². The van der Waals surface area contributed by atoms with Gasteiger partial charge in [-0.25, -0.2) is 4.79 Å². The summed E-state index contributed by atoms with van der Waals surface area (Å²) in [4.78, 5) is 22.8. The highest BCUT2D eigenvalue weighted by Gasteiger charge is 2.44. The maximum atomic E-state index is 11.7. The second-order valence-corrected chi connectivity index (χ2v) is 5.56. The third kappa shape index (κ3) is 3.60. The molecule has 0 spiro atoms. The number of hydrogen-bond donors (Lipinski definition) is 3. The molecule has 0 aromatic heterocycles. The van der Waals surface area contributed by atoms with Gasteiger partial charge >= 0.3 is 12.0 Å². The van der Waals surface area contributed by atoms with Crippen LogP contribution in [0, 0.1) is 5.41 Å². The first-order valence-electron chi connectivity index (χ1n) is 6.10. The summed E-state index contributed by atoms with van der Waals surface area (Å²) in [7, 11) is 1.56. The summed E-state index contributed by atoms with van der Waals surface area (Å²) >= 11 is 0. The van der Waals surface area contributed by atoms with Gasteiger partial charge in [0, 0.05) is 13.7 Å². The van der Waals surface area contributed by atoms with Crippen LogP contribution in [0.3, 0.4) is 0 Å². The normalized spacial score (nSPS) is 17.7. The Bertz CT molecular complexity index is 324. The van der Waals surface area contributed by atoms with Crippen LogP contribution in [0.5, 0.6) is 0 Å². The monoisotopic (exact) mass is 258 g/mol. The van der Waals surface area contributed by atoms with Crippen LogP contribution >= 0.6 is 0 Å². The smallest absolute Gasteiger partial charge is 0.315 e. The molecule has 104 valence electrons. The maximum Gasteiger partial charge on any atom is 0.315 e. The van der Waals surface area contributed by atoms with Crippen LogP contribution in [0.15, 0.2) is 0 Å². The number of carbonyl (C=O) groups is 2. The number of urea groups is 1. The van der Waals surface area contributed by atoms with E-state index in [0.29, 0.717) is 19.4 Å². The van der Waals surface area contributed by atoms with Crippen LogP contribution in [0.1, 0.15) is 33.1 Å². The van der Waals surface area contributed by atoms with Crippen molar-refractivity contribution in [3.05, 3.63) is 0 Å². The SMILES string of the molecule is COCC(C)(C)NC(=O)NCC1(C(=O)O)CCC1. The molecule has 3 N–H and O–H groups in total. The van der Waals surface area contributed by atoms with E-state index in [1.807, 2.05) is 13.8 Å². The molecule has 0 saturated heterocycles. The molecule has 6 heteroatoms. The standard InChI is InChI=1S/C12H22N2O4/c1-11(2,8-18-3)14-10(17)13-7-12(9(15)16)5-4-6-12/h4-8H2,1-3H3,(H,15,16)(H2,13,14,17). The number of carbonyl (C=O) groups excluding carboxylic acids is 1. The fraction of sp³-hybridized carbons (Fsp3) is 0.833. The van der Waals surface area contributed by atoms with Crippen LogP contribution < -0.4 is 10.6 Å². The van der Waals surface area contributed by atoms with Gasteiger partial charge in [0.25, 0.3) is 0 Å². The van der Waals surface area contributed by atoms with E-state index in [1.54, 1.807) is 7.11 Å². The summed E-state index contributed by atoms with van der Waals surface area (Å²) in [6.07, 6.45) is 2.17. The van der Waals surface area contributed by atoms with Gasteiger partial charge in [0.2, 0.25) is 0 Å². The lowest BCUT2D eigenvalue weighted by Crippen LogP contribution is -2.54. The van der Waals surface area contributed by atoms with E-state index in [2.05, 4.69) is 10.6 Å². The molecule has 1 aliphatic carbocycles. The summed E-state index contributed by atoms with van der Waals surface area (Å²) in [5.74, 6) is -0.829. The van der Waals surface area contributed by atoms with Crippen molar-refractivity contribution in [3.8, 4) is 0 Å². The Morgan fingerprint density at radius 3 is 2.39 bits per heavy atom. The Morgan fingerprint density at radius 2 is 2.00 bits per heavy atom. The number of rotatable bonds is 6. The number of methoxy groups -OCH3 is 1. The minimum Gasteiger partial charge on any atom is -0.481 e. The summed E-state index contributed by atoms with van der Waals surface area (Å²) in [6.45, 7) is 4.25. The topological polar surface area (TPSA) is 87.7 Å². The largest absolute Gasteiger partial charge is 0.481 e. The van der Waals surface area contributed by atoms with Crippen LogP contribution in [0.4, 0.5) is 4.79 Å². The molecule has 18 heavy (non-hydrogen) atoms. The van der Waals surface area contributed by atoms with Crippen molar-refractivity contribution in [2.24, 2.45) is 5.41 Å². The van der Waals surface area contributed by atoms with Crippen molar-refractivity contribution in [1.82, 2.24) is 10.6 Å². The van der Waals surface area contributed by atoms with Gasteiger partial charge in [-0.05, 0) is 26.7 Å². The van der Waals surface area contributed by atoms with Crippen LogP contribution in [-0.4, -0.2) is 42.9 Å². The first-order chi connectivity index (χ1) is 8.31. The van der Waals surface area contributed by atoms with Crippen molar-refractivity contribution in [2.45, 2.75) is 38.6 Å². The van der Waals surface area contributed by atoms with E-state index in [-0.39, 0.29) is 12.6 Å². The second-order valence-electron chi connectivity index (χ2n) is 5.56. The molecule has 1 rings (SSSR count). The lowest BCUT2D eigenvalue weighted by molar-refractivity contribution is -0.153. The van der Waals surface area contributed by atoms with E-state index >= 15 is 0 Å². The minimum absolute atomic E-state index is 0.178. The van der Waals surface area contributed by atoms with Crippen LogP contribution in [0.25, 0.3) is 0 Å². The summed E-state index contributed by atoms with van der Waals surface area (Å²) in [5.41, 5.74) is -1.24. The van der Waals surface area contributed by atoms with Gasteiger partial charge in [-0.2, -0.15) is 0 Å². The Hall–Kier alpha value is -1.30. The maximum absolute atomic E-state index is 11.7. The van der Waals surface area contributed by atoms with Crippen molar-refractivity contribution in [1.29, 1.82) is 0 Å². The summed E-state index contributed by atoms with van der Waals surface area (Å²) in [6, 6.07) is -0.357. The molecule has 0 aromatic rings. The number of carboxylic acid groups (broad SMARTS) is 1. The molecule has 0 aromatic carbocycles. The fourth-order valence-electron chi connectivity index (χ4n) is 2.07. The van der Waals surface area contributed by atoms with Gasteiger partial charge in [0.1, 0.15) is 0 Å². The molecule has 0 radical (unpaired) electrons. The van der Waals surface area contributed by atoms with E-state index in [0.717, 1.165) is 6.42 Å². The second kappa shape index (κ2) is 5.56. The average Bonchev–Trinajstić information content (AvgIpc) is 2.13. The molecule has 1 aliphatic rings. The highest BCUT2D eigenvalue weighted by atomic mass is 16.5. The molecular weight excluding hydrogens is 236 g/mol. The molecule has 0 atom stereocenters. The Kier molecular flexibility index (Phi) is 4.56. The lowest BCUT2D eigenvalue weighted by Gasteiger charge is -2.38. The van der Waals surface area contributed by atoms with Gasteiger partial charge < -0.3 is 20.5 Å². The number of ether oxygens (including phenoxy) is 1. The number of aliphatic carboxylic acids is 1. The van der Waals surface area contributed by atoms with E-state index in [9.17, 15) is 9.59 Å². The van der Waals surface area contributed by atoms with Crippen molar-refractivity contribution >= 4 is 12.0 Å². The van der Waals surface area contributed by atoms with E-state index in [1.165, 1.54) is 0 Å². The van der Waals surface area contributed by atoms with Gasteiger partial charge in [-0.3, -0.25) is 4.79 Å². The predicted octanol–water partition coefficient (Wildman–Crippen LogP) is 0.965. The number of hydrogen-bond acceptors (Lipinski definition) is 3. The first kappa shape index (κ1) is 14.8. The molecule has 2 amide bonds. The highest BCUT2D eigenvalue weighted by Crippen LogP contribution is 2.40.